The van der Waals surface area contributed by atoms with Gasteiger partial charge in [-0.05, 0) is 25.2 Å². The fraction of sp³-hybridized carbons (Fsp3) is 1.00. The molecule has 0 bridgehead atoms. The van der Waals surface area contributed by atoms with Gasteiger partial charge >= 0.3 is 0 Å². The van der Waals surface area contributed by atoms with Gasteiger partial charge in [-0.1, -0.05) is 6.92 Å². The molecule has 0 spiro atoms. The Kier molecular flexibility index (Phi) is 1.51. The van der Waals surface area contributed by atoms with Crippen LogP contribution in [0.5, 0.6) is 0 Å². The van der Waals surface area contributed by atoms with Crippen molar-refractivity contribution in [3.05, 3.63) is 0 Å². The van der Waals surface area contributed by atoms with E-state index in [1.54, 1.807) is 0 Å². The second-order valence-corrected chi connectivity index (χ2v) is 5.67. The Morgan fingerprint density at radius 3 is 2.27 bits per heavy atom. The van der Waals surface area contributed by atoms with E-state index in [0.29, 0.717) is 5.92 Å². The van der Waals surface area contributed by atoms with Crippen molar-refractivity contribution < 1.29 is 8.42 Å². The largest absolute Gasteiger partial charge is 0.214 e. The summed E-state index contributed by atoms with van der Waals surface area (Å²) in [6.45, 7) is 2.07. The summed E-state index contributed by atoms with van der Waals surface area (Å²) >= 11 is 0. The van der Waals surface area contributed by atoms with Gasteiger partial charge in [0.2, 0.25) is 10.0 Å². The lowest BCUT2D eigenvalue weighted by molar-refractivity contribution is 0.577. The van der Waals surface area contributed by atoms with E-state index in [2.05, 4.69) is 11.6 Å². The van der Waals surface area contributed by atoms with Crippen LogP contribution in [0.4, 0.5) is 0 Å². The summed E-state index contributed by atoms with van der Waals surface area (Å²) in [4.78, 5) is 0. The van der Waals surface area contributed by atoms with Crippen molar-refractivity contribution in [1.82, 2.24) is 4.72 Å². The third kappa shape index (κ3) is 1.56. The van der Waals surface area contributed by atoms with E-state index >= 15 is 0 Å². The second-order valence-electron chi connectivity index (χ2n) is 3.68. The molecule has 1 N–H and O–H groups in total. The zero-order valence-electron chi connectivity index (χ0n) is 6.58. The second kappa shape index (κ2) is 2.20. The maximum atomic E-state index is 11.3. The molecule has 4 heteroatoms. The first-order chi connectivity index (χ1) is 5.09. The summed E-state index contributed by atoms with van der Waals surface area (Å²) in [5.41, 5.74) is 0. The molecular formula is C7H13NO2S. The summed E-state index contributed by atoms with van der Waals surface area (Å²) in [5, 5.41) is -0.0599. The maximum absolute atomic E-state index is 11.3. The lowest BCUT2D eigenvalue weighted by Gasteiger charge is -2.02. The minimum atomic E-state index is -2.91. The van der Waals surface area contributed by atoms with Gasteiger partial charge in [-0.15, -0.1) is 0 Å². The van der Waals surface area contributed by atoms with E-state index in [1.807, 2.05) is 0 Å². The number of hydrogen-bond acceptors (Lipinski definition) is 2. The van der Waals surface area contributed by atoms with Gasteiger partial charge in [-0.2, -0.15) is 0 Å². The standard InChI is InChI=1S/C7H13NO2S/c1-5-4-7(5)8-11(9,10)6-2-3-6/h5-8H,2-4H2,1H3/t5-,7-/m1/s1. The fourth-order valence-corrected chi connectivity index (χ4v) is 2.87. The molecule has 2 aliphatic carbocycles. The fourth-order valence-electron chi connectivity index (χ4n) is 1.17. The van der Waals surface area contributed by atoms with Crippen LogP contribution in [-0.2, 0) is 10.0 Å². The van der Waals surface area contributed by atoms with Crippen LogP contribution in [0.25, 0.3) is 0 Å². The quantitative estimate of drug-likeness (QED) is 0.678. The Hall–Kier alpha value is -0.0900. The molecule has 11 heavy (non-hydrogen) atoms. The van der Waals surface area contributed by atoms with Crippen LogP contribution >= 0.6 is 0 Å². The normalized spacial score (nSPS) is 37.2. The first-order valence-corrected chi connectivity index (χ1v) is 5.65. The van der Waals surface area contributed by atoms with Crippen LogP contribution < -0.4 is 4.72 Å². The van der Waals surface area contributed by atoms with Crippen molar-refractivity contribution >= 4 is 10.0 Å². The van der Waals surface area contributed by atoms with Gasteiger partial charge in [-0.3, -0.25) is 0 Å². The summed E-state index contributed by atoms with van der Waals surface area (Å²) in [7, 11) is -2.91. The summed E-state index contributed by atoms with van der Waals surface area (Å²) in [6.07, 6.45) is 2.73. The van der Waals surface area contributed by atoms with E-state index in [4.69, 9.17) is 0 Å². The van der Waals surface area contributed by atoms with Crippen molar-refractivity contribution in [3.8, 4) is 0 Å². The molecule has 0 saturated heterocycles. The Bertz CT molecular complexity index is 256. The zero-order valence-corrected chi connectivity index (χ0v) is 7.39. The summed E-state index contributed by atoms with van der Waals surface area (Å²) < 4.78 is 25.3. The first-order valence-electron chi connectivity index (χ1n) is 4.11. The van der Waals surface area contributed by atoms with Crippen LogP contribution in [-0.4, -0.2) is 19.7 Å². The average Bonchev–Trinajstić information content (AvgIpc) is 2.65. The van der Waals surface area contributed by atoms with E-state index in [-0.39, 0.29) is 11.3 Å². The molecule has 2 fully saturated rings. The molecule has 0 amide bonds. The van der Waals surface area contributed by atoms with Crippen LogP contribution in [0.15, 0.2) is 0 Å². The van der Waals surface area contributed by atoms with E-state index in [9.17, 15) is 8.42 Å². The van der Waals surface area contributed by atoms with Crippen molar-refractivity contribution in [2.24, 2.45) is 5.92 Å². The highest BCUT2D eigenvalue weighted by molar-refractivity contribution is 7.90. The minimum Gasteiger partial charge on any atom is -0.212 e. The van der Waals surface area contributed by atoms with Crippen molar-refractivity contribution in [2.75, 3.05) is 0 Å². The molecular weight excluding hydrogens is 162 g/mol. The predicted octanol–water partition coefficient (Wildman–Crippen LogP) is 0.477. The molecule has 2 rings (SSSR count). The lowest BCUT2D eigenvalue weighted by atomic mass is 10.5. The highest BCUT2D eigenvalue weighted by Crippen LogP contribution is 2.33. The van der Waals surface area contributed by atoms with Crippen LogP contribution in [0.1, 0.15) is 26.2 Å². The van der Waals surface area contributed by atoms with Crippen LogP contribution in [0.3, 0.4) is 0 Å². The third-order valence-corrected chi connectivity index (χ3v) is 4.37. The molecule has 0 aromatic rings. The molecule has 3 nitrogen and oxygen atoms in total. The average molecular weight is 175 g/mol. The van der Waals surface area contributed by atoms with Crippen LogP contribution in [0, 0.1) is 5.92 Å². The summed E-state index contributed by atoms with van der Waals surface area (Å²) in [6, 6.07) is 0.251. The lowest BCUT2D eigenvalue weighted by Crippen LogP contribution is -2.29. The third-order valence-electron chi connectivity index (χ3n) is 2.39. The number of nitrogens with one attached hydrogen (secondary N) is 1. The zero-order chi connectivity index (χ0) is 8.06. The molecule has 64 valence electrons. The smallest absolute Gasteiger partial charge is 0.212 e. The Labute approximate surface area is 67.2 Å². The predicted molar refractivity (Wildman–Crippen MR) is 42.6 cm³/mol. The molecule has 2 aliphatic rings. The van der Waals surface area contributed by atoms with Gasteiger partial charge in [-0.25, -0.2) is 13.1 Å². The Morgan fingerprint density at radius 1 is 1.36 bits per heavy atom. The Morgan fingerprint density at radius 2 is 1.91 bits per heavy atom. The molecule has 0 aliphatic heterocycles. The molecule has 0 unspecified atom stereocenters. The molecule has 2 atom stereocenters. The highest BCUT2D eigenvalue weighted by atomic mass is 32.2. The topological polar surface area (TPSA) is 46.2 Å². The maximum Gasteiger partial charge on any atom is 0.214 e. The van der Waals surface area contributed by atoms with Gasteiger partial charge in [0.05, 0.1) is 5.25 Å². The summed E-state index contributed by atoms with van der Waals surface area (Å²) in [5.74, 6) is 0.559. The molecule has 0 aromatic carbocycles. The molecule has 0 aromatic heterocycles. The van der Waals surface area contributed by atoms with Crippen LogP contribution in [0.2, 0.25) is 0 Å². The Balaban J connectivity index is 1.93. The van der Waals surface area contributed by atoms with Gasteiger partial charge in [0.15, 0.2) is 0 Å². The number of rotatable bonds is 3. The molecule has 2 saturated carbocycles. The minimum absolute atomic E-state index is 0.0599. The number of hydrogen-bond donors (Lipinski definition) is 1. The van der Waals surface area contributed by atoms with Gasteiger partial charge in [0.25, 0.3) is 0 Å². The first kappa shape index (κ1) is 7.55. The van der Waals surface area contributed by atoms with E-state index < -0.39 is 10.0 Å². The molecule has 0 radical (unpaired) electrons. The number of sulfonamides is 1. The monoisotopic (exact) mass is 175 g/mol. The molecule has 0 heterocycles. The van der Waals surface area contributed by atoms with Crippen molar-refractivity contribution in [1.29, 1.82) is 0 Å². The van der Waals surface area contributed by atoms with Gasteiger partial charge < -0.3 is 0 Å². The SMILES string of the molecule is C[C@@H]1C[C@H]1NS(=O)(=O)C1CC1. The van der Waals surface area contributed by atoms with Gasteiger partial charge in [0.1, 0.15) is 0 Å². The van der Waals surface area contributed by atoms with Crippen molar-refractivity contribution in [3.63, 3.8) is 0 Å². The van der Waals surface area contributed by atoms with Gasteiger partial charge in [0, 0.05) is 6.04 Å². The van der Waals surface area contributed by atoms with E-state index in [1.165, 1.54) is 0 Å². The van der Waals surface area contributed by atoms with Crippen molar-refractivity contribution in [2.45, 2.75) is 37.5 Å². The van der Waals surface area contributed by atoms with E-state index in [0.717, 1.165) is 19.3 Å². The highest BCUT2D eigenvalue weighted by Gasteiger charge is 2.42.